The first-order valence-corrected chi connectivity index (χ1v) is 7.63. The molecule has 0 aliphatic heterocycles. The minimum absolute atomic E-state index is 0.656. The summed E-state index contributed by atoms with van der Waals surface area (Å²) in [5.74, 6) is 1.56. The second kappa shape index (κ2) is 5.72. The van der Waals surface area contributed by atoms with Gasteiger partial charge in [0.05, 0.1) is 21.3 Å². The van der Waals surface area contributed by atoms with Gasteiger partial charge in [-0.1, -0.05) is 11.3 Å². The number of thiazole rings is 1. The molecule has 1 N–H and O–H groups in total. The maximum absolute atomic E-state index is 5.49. The number of hydrogen-bond donors (Lipinski definition) is 1. The van der Waals surface area contributed by atoms with Crippen molar-refractivity contribution in [2.45, 2.75) is 6.92 Å². The molecule has 0 saturated heterocycles. The summed E-state index contributed by atoms with van der Waals surface area (Å²) < 4.78 is 7.36. The summed E-state index contributed by atoms with van der Waals surface area (Å²) >= 11 is 4.96. The van der Waals surface area contributed by atoms with E-state index >= 15 is 0 Å². The normalized spacial score (nSPS) is 10.7. The van der Waals surface area contributed by atoms with Crippen LogP contribution < -0.4 is 10.1 Å². The van der Waals surface area contributed by atoms with E-state index in [-0.39, 0.29) is 0 Å². The van der Waals surface area contributed by atoms with Crippen molar-refractivity contribution in [1.82, 2.24) is 15.0 Å². The van der Waals surface area contributed by atoms with Gasteiger partial charge in [0.15, 0.2) is 5.13 Å². The number of fused-ring (bicyclic) bond motifs is 1. The lowest BCUT2D eigenvalue weighted by molar-refractivity contribution is 0.341. The summed E-state index contributed by atoms with van der Waals surface area (Å²) in [6, 6.07) is 5.88. The van der Waals surface area contributed by atoms with Crippen LogP contribution in [0.15, 0.2) is 35.2 Å². The maximum Gasteiger partial charge on any atom is 0.189 e. The lowest BCUT2D eigenvalue weighted by Crippen LogP contribution is -1.94. The van der Waals surface area contributed by atoms with Crippen LogP contribution in [0.2, 0.25) is 0 Å². The molecule has 0 radical (unpaired) electrons. The van der Waals surface area contributed by atoms with Crippen LogP contribution in [0.25, 0.3) is 10.2 Å². The molecule has 2 aromatic heterocycles. The summed E-state index contributed by atoms with van der Waals surface area (Å²) in [5, 5.41) is 3.97. The van der Waals surface area contributed by atoms with Crippen LogP contribution in [0, 0.1) is 0 Å². The lowest BCUT2D eigenvalue weighted by Gasteiger charge is -2.01. The fraction of sp³-hybridized carbons (Fsp3) is 0.154. The van der Waals surface area contributed by atoms with E-state index in [4.69, 9.17) is 4.74 Å². The Bertz CT molecular complexity index is 746. The van der Waals surface area contributed by atoms with Gasteiger partial charge in [-0.05, 0) is 41.1 Å². The second-order valence-corrected chi connectivity index (χ2v) is 5.81. The van der Waals surface area contributed by atoms with Crippen LogP contribution >= 0.6 is 27.3 Å². The average molecular weight is 351 g/mol. The molecule has 20 heavy (non-hydrogen) atoms. The van der Waals surface area contributed by atoms with Gasteiger partial charge >= 0.3 is 0 Å². The molecule has 5 nitrogen and oxygen atoms in total. The number of hydrogen-bond acceptors (Lipinski definition) is 6. The number of aromatic nitrogens is 3. The smallest absolute Gasteiger partial charge is 0.189 e. The quantitative estimate of drug-likeness (QED) is 0.770. The van der Waals surface area contributed by atoms with Gasteiger partial charge < -0.3 is 10.1 Å². The second-order valence-electron chi connectivity index (χ2n) is 3.93. The van der Waals surface area contributed by atoms with E-state index in [0.717, 1.165) is 25.6 Å². The van der Waals surface area contributed by atoms with E-state index in [9.17, 15) is 0 Å². The van der Waals surface area contributed by atoms with Gasteiger partial charge in [0.25, 0.3) is 0 Å². The molecular formula is C13H11BrN4OS. The highest BCUT2D eigenvalue weighted by molar-refractivity contribution is 9.10. The number of nitrogens with one attached hydrogen (secondary N) is 1. The molecule has 0 unspecified atom stereocenters. The highest BCUT2D eigenvalue weighted by Gasteiger charge is 2.08. The molecule has 3 rings (SSSR count). The number of halogens is 1. The molecule has 7 heteroatoms. The van der Waals surface area contributed by atoms with Crippen LogP contribution in [-0.2, 0) is 0 Å². The van der Waals surface area contributed by atoms with Crippen LogP contribution in [0.4, 0.5) is 10.9 Å². The van der Waals surface area contributed by atoms with Crippen LogP contribution in [-0.4, -0.2) is 21.6 Å². The first-order valence-electron chi connectivity index (χ1n) is 6.02. The number of ether oxygens (including phenoxy) is 1. The molecule has 0 bridgehead atoms. The van der Waals surface area contributed by atoms with Crippen molar-refractivity contribution in [3.05, 3.63) is 35.2 Å². The Kier molecular flexibility index (Phi) is 3.79. The predicted molar refractivity (Wildman–Crippen MR) is 83.8 cm³/mol. The van der Waals surface area contributed by atoms with E-state index in [1.807, 2.05) is 25.1 Å². The van der Waals surface area contributed by atoms with E-state index < -0.39 is 0 Å². The molecule has 0 aliphatic rings. The standard InChI is InChI=1S/C13H11BrN4OS/c1-2-19-8-3-4-10-11(5-8)20-13(17-10)18-12-9(14)6-15-7-16-12/h3-7H,2H2,1H3,(H,15,16,17,18). The Morgan fingerprint density at radius 3 is 3.10 bits per heavy atom. The summed E-state index contributed by atoms with van der Waals surface area (Å²) in [4.78, 5) is 12.6. The molecule has 2 heterocycles. The minimum atomic E-state index is 0.656. The van der Waals surface area contributed by atoms with Gasteiger partial charge in [-0.3, -0.25) is 0 Å². The van der Waals surface area contributed by atoms with Crippen molar-refractivity contribution in [3.63, 3.8) is 0 Å². The summed E-state index contributed by atoms with van der Waals surface area (Å²) in [6.07, 6.45) is 3.18. The van der Waals surface area contributed by atoms with Gasteiger partial charge in [0.2, 0.25) is 0 Å². The number of benzene rings is 1. The van der Waals surface area contributed by atoms with Crippen molar-refractivity contribution < 1.29 is 4.74 Å². The van der Waals surface area contributed by atoms with E-state index in [2.05, 4.69) is 36.2 Å². The van der Waals surface area contributed by atoms with E-state index in [1.54, 1.807) is 17.5 Å². The molecule has 0 spiro atoms. The molecule has 0 atom stereocenters. The molecule has 0 aliphatic carbocycles. The van der Waals surface area contributed by atoms with Gasteiger partial charge in [-0.2, -0.15) is 0 Å². The Hall–Kier alpha value is -1.73. The first kappa shape index (κ1) is 13.3. The first-order chi connectivity index (χ1) is 9.76. The van der Waals surface area contributed by atoms with Crippen molar-refractivity contribution in [3.8, 4) is 5.75 Å². The van der Waals surface area contributed by atoms with Gasteiger partial charge in [0.1, 0.15) is 17.9 Å². The zero-order valence-electron chi connectivity index (χ0n) is 10.6. The summed E-state index contributed by atoms with van der Waals surface area (Å²) in [7, 11) is 0. The molecule has 0 saturated carbocycles. The lowest BCUT2D eigenvalue weighted by atomic mass is 10.3. The molecule has 0 fully saturated rings. The maximum atomic E-state index is 5.49. The van der Waals surface area contributed by atoms with Crippen molar-refractivity contribution in [2.75, 3.05) is 11.9 Å². The SMILES string of the molecule is CCOc1ccc2nc(Nc3ncncc3Br)sc2c1. The van der Waals surface area contributed by atoms with Crippen LogP contribution in [0.3, 0.4) is 0 Å². The van der Waals surface area contributed by atoms with E-state index in [0.29, 0.717) is 12.4 Å². The van der Waals surface area contributed by atoms with E-state index in [1.165, 1.54) is 6.33 Å². The van der Waals surface area contributed by atoms with Crippen LogP contribution in [0.1, 0.15) is 6.92 Å². The Balaban J connectivity index is 1.91. The van der Waals surface area contributed by atoms with Gasteiger partial charge in [-0.15, -0.1) is 0 Å². The topological polar surface area (TPSA) is 59.9 Å². The highest BCUT2D eigenvalue weighted by Crippen LogP contribution is 2.31. The third-order valence-corrected chi connectivity index (χ3v) is 4.08. The number of nitrogens with zero attached hydrogens (tertiary/aromatic N) is 3. The highest BCUT2D eigenvalue weighted by atomic mass is 79.9. The van der Waals surface area contributed by atoms with Crippen molar-refractivity contribution in [2.24, 2.45) is 0 Å². The third-order valence-electron chi connectivity index (χ3n) is 2.56. The fourth-order valence-electron chi connectivity index (χ4n) is 1.72. The van der Waals surface area contributed by atoms with Gasteiger partial charge in [-0.25, -0.2) is 15.0 Å². The summed E-state index contributed by atoms with van der Waals surface area (Å²) in [5.41, 5.74) is 0.936. The monoisotopic (exact) mass is 350 g/mol. The molecule has 102 valence electrons. The third kappa shape index (κ3) is 2.73. The Morgan fingerprint density at radius 2 is 2.30 bits per heavy atom. The van der Waals surface area contributed by atoms with Crippen molar-refractivity contribution in [1.29, 1.82) is 0 Å². The predicted octanol–water partition coefficient (Wildman–Crippen LogP) is 3.99. The average Bonchev–Trinajstić information content (AvgIpc) is 2.83. The molecular weight excluding hydrogens is 340 g/mol. The zero-order valence-corrected chi connectivity index (χ0v) is 13.0. The Morgan fingerprint density at radius 1 is 1.40 bits per heavy atom. The molecule has 1 aromatic carbocycles. The zero-order chi connectivity index (χ0) is 13.9. The Labute approximate surface area is 128 Å². The van der Waals surface area contributed by atoms with Crippen molar-refractivity contribution >= 4 is 48.4 Å². The van der Waals surface area contributed by atoms with Gasteiger partial charge in [0, 0.05) is 6.20 Å². The largest absolute Gasteiger partial charge is 0.494 e. The summed E-state index contributed by atoms with van der Waals surface area (Å²) in [6.45, 7) is 2.62. The molecule has 0 amide bonds. The number of rotatable bonds is 4. The number of anilines is 2. The molecule has 3 aromatic rings. The fourth-order valence-corrected chi connectivity index (χ4v) is 2.93. The van der Waals surface area contributed by atoms with Crippen LogP contribution in [0.5, 0.6) is 5.75 Å². The minimum Gasteiger partial charge on any atom is -0.494 e.